The highest BCUT2D eigenvalue weighted by atomic mass is 32.1. The molecule has 2 aromatic rings. The molecule has 1 aliphatic heterocycles. The van der Waals surface area contributed by atoms with Crippen molar-refractivity contribution in [2.24, 2.45) is 4.99 Å². The molecule has 3 heterocycles. The van der Waals surface area contributed by atoms with Crippen LogP contribution in [0.15, 0.2) is 11.2 Å². The van der Waals surface area contributed by atoms with Crippen molar-refractivity contribution in [2.45, 2.75) is 39.3 Å². The van der Waals surface area contributed by atoms with Crippen molar-refractivity contribution < 1.29 is 0 Å². The number of aliphatic imine (C=N–C) groups is 1. The summed E-state index contributed by atoms with van der Waals surface area (Å²) in [6.45, 7) is 4.55. The zero-order valence-electron chi connectivity index (χ0n) is 13.0. The molecular formula is C14H21N7S. The number of nitrogens with zero attached hydrogens (tertiary/aromatic N) is 5. The molecule has 0 saturated carbocycles. The van der Waals surface area contributed by atoms with Crippen molar-refractivity contribution in [2.75, 3.05) is 13.6 Å². The fraction of sp³-hybridized carbons (Fsp3) is 0.571. The number of hydrogen-bond acceptors (Lipinski definition) is 5. The minimum Gasteiger partial charge on any atom is -0.356 e. The highest BCUT2D eigenvalue weighted by molar-refractivity contribution is 7.11. The summed E-state index contributed by atoms with van der Waals surface area (Å²) in [4.78, 5) is 9.85. The summed E-state index contributed by atoms with van der Waals surface area (Å²) in [5.74, 6) is 2.86. The molecule has 0 radical (unpaired) electrons. The summed E-state index contributed by atoms with van der Waals surface area (Å²) >= 11 is 1.74. The van der Waals surface area contributed by atoms with Crippen LogP contribution in [0.25, 0.3) is 0 Å². The largest absolute Gasteiger partial charge is 0.356 e. The van der Waals surface area contributed by atoms with Crippen molar-refractivity contribution in [3.05, 3.63) is 27.7 Å². The van der Waals surface area contributed by atoms with Crippen molar-refractivity contribution in [3.63, 3.8) is 0 Å². The van der Waals surface area contributed by atoms with E-state index in [4.69, 9.17) is 0 Å². The normalized spacial score (nSPS) is 14.2. The second-order valence-corrected chi connectivity index (χ2v) is 6.57. The first kappa shape index (κ1) is 15.0. The molecular weight excluding hydrogens is 298 g/mol. The molecule has 0 aromatic carbocycles. The molecule has 7 nitrogen and oxygen atoms in total. The van der Waals surface area contributed by atoms with Crippen LogP contribution in [0, 0.1) is 6.92 Å². The van der Waals surface area contributed by atoms with Gasteiger partial charge in [-0.15, -0.1) is 21.5 Å². The Morgan fingerprint density at radius 2 is 2.32 bits per heavy atom. The Balaban J connectivity index is 1.46. The molecule has 0 bridgehead atoms. The van der Waals surface area contributed by atoms with Crippen LogP contribution in [-0.2, 0) is 25.9 Å². The zero-order valence-corrected chi connectivity index (χ0v) is 13.8. The lowest BCUT2D eigenvalue weighted by molar-refractivity contribution is 0.662. The maximum absolute atomic E-state index is 4.36. The molecule has 2 N–H and O–H groups in total. The Morgan fingerprint density at radius 3 is 3.09 bits per heavy atom. The van der Waals surface area contributed by atoms with E-state index in [0.717, 1.165) is 55.0 Å². The van der Waals surface area contributed by atoms with Gasteiger partial charge in [-0.3, -0.25) is 4.99 Å². The summed E-state index contributed by atoms with van der Waals surface area (Å²) in [6.07, 6.45) is 5.02. The topological polar surface area (TPSA) is 80.0 Å². The Bertz CT molecular complexity index is 658. The molecule has 0 aliphatic carbocycles. The van der Waals surface area contributed by atoms with Gasteiger partial charge >= 0.3 is 0 Å². The Kier molecular flexibility index (Phi) is 4.67. The van der Waals surface area contributed by atoms with Crippen molar-refractivity contribution in [3.8, 4) is 0 Å². The van der Waals surface area contributed by atoms with E-state index in [2.05, 4.69) is 42.3 Å². The number of aryl methyl sites for hydroxylation is 2. The molecule has 0 saturated heterocycles. The van der Waals surface area contributed by atoms with E-state index in [9.17, 15) is 0 Å². The summed E-state index contributed by atoms with van der Waals surface area (Å²) in [5.41, 5.74) is 0. The average molecular weight is 319 g/mol. The Labute approximate surface area is 133 Å². The SMILES string of the molecule is CN=C(NCCc1ncc(C)s1)NCc1nnc2n1CCC2. The van der Waals surface area contributed by atoms with E-state index in [-0.39, 0.29) is 0 Å². The van der Waals surface area contributed by atoms with Crippen molar-refractivity contribution in [1.82, 2.24) is 30.4 Å². The molecule has 0 unspecified atom stereocenters. The molecule has 3 rings (SSSR count). The van der Waals surface area contributed by atoms with Gasteiger partial charge in [0, 0.05) is 44.1 Å². The standard InChI is InChI=1S/C14H21N7S/c1-10-8-17-13(22-10)5-6-16-14(15-2)18-9-12-20-19-11-4-3-7-21(11)12/h8H,3-7,9H2,1-2H3,(H2,15,16,18). The van der Waals surface area contributed by atoms with Crippen LogP contribution in [0.1, 0.15) is 28.0 Å². The fourth-order valence-corrected chi connectivity index (χ4v) is 3.32. The van der Waals surface area contributed by atoms with Crippen LogP contribution in [0.4, 0.5) is 0 Å². The summed E-state index contributed by atoms with van der Waals surface area (Å²) < 4.78 is 2.19. The lowest BCUT2D eigenvalue weighted by Gasteiger charge is -2.11. The zero-order chi connectivity index (χ0) is 15.4. The second kappa shape index (κ2) is 6.87. The molecule has 8 heteroatoms. The van der Waals surface area contributed by atoms with Gasteiger partial charge < -0.3 is 15.2 Å². The lowest BCUT2D eigenvalue weighted by atomic mass is 10.4. The molecule has 0 atom stereocenters. The highest BCUT2D eigenvalue weighted by Gasteiger charge is 2.16. The third-order valence-corrected chi connectivity index (χ3v) is 4.60. The number of hydrogen-bond donors (Lipinski definition) is 2. The van der Waals surface area contributed by atoms with Crippen LogP contribution < -0.4 is 10.6 Å². The van der Waals surface area contributed by atoms with Crippen LogP contribution in [0.3, 0.4) is 0 Å². The predicted molar refractivity (Wildman–Crippen MR) is 87.1 cm³/mol. The quantitative estimate of drug-likeness (QED) is 0.632. The van der Waals surface area contributed by atoms with Gasteiger partial charge in [-0.1, -0.05) is 0 Å². The smallest absolute Gasteiger partial charge is 0.191 e. The number of guanidine groups is 1. The third-order valence-electron chi connectivity index (χ3n) is 3.62. The molecule has 118 valence electrons. The molecule has 0 spiro atoms. The van der Waals surface area contributed by atoms with Gasteiger partial charge in [-0.05, 0) is 13.3 Å². The van der Waals surface area contributed by atoms with Gasteiger partial charge in [0.05, 0.1) is 11.6 Å². The van der Waals surface area contributed by atoms with E-state index < -0.39 is 0 Å². The van der Waals surface area contributed by atoms with E-state index >= 15 is 0 Å². The number of fused-ring (bicyclic) bond motifs is 1. The summed E-state index contributed by atoms with van der Waals surface area (Å²) in [7, 11) is 1.77. The monoisotopic (exact) mass is 319 g/mol. The molecule has 22 heavy (non-hydrogen) atoms. The third kappa shape index (κ3) is 3.44. The maximum atomic E-state index is 4.36. The lowest BCUT2D eigenvalue weighted by Crippen LogP contribution is -2.38. The van der Waals surface area contributed by atoms with Gasteiger partial charge in [0.2, 0.25) is 0 Å². The first-order valence-electron chi connectivity index (χ1n) is 7.53. The van der Waals surface area contributed by atoms with Gasteiger partial charge in [-0.25, -0.2) is 4.98 Å². The van der Waals surface area contributed by atoms with Gasteiger partial charge in [0.15, 0.2) is 11.8 Å². The minimum atomic E-state index is 0.642. The second-order valence-electron chi connectivity index (χ2n) is 5.25. The van der Waals surface area contributed by atoms with Crippen LogP contribution in [0.5, 0.6) is 0 Å². The highest BCUT2D eigenvalue weighted by Crippen LogP contribution is 2.13. The Hall–Kier alpha value is -1.96. The number of aromatic nitrogens is 4. The van der Waals surface area contributed by atoms with Crippen LogP contribution in [0.2, 0.25) is 0 Å². The first-order chi connectivity index (χ1) is 10.8. The van der Waals surface area contributed by atoms with E-state index in [1.54, 1.807) is 18.4 Å². The predicted octanol–water partition coefficient (Wildman–Crippen LogP) is 0.897. The van der Waals surface area contributed by atoms with Gasteiger partial charge in [0.1, 0.15) is 5.82 Å². The fourth-order valence-electron chi connectivity index (χ4n) is 2.53. The van der Waals surface area contributed by atoms with Crippen molar-refractivity contribution >= 4 is 17.3 Å². The molecule has 0 amide bonds. The summed E-state index contributed by atoms with van der Waals surface area (Å²) in [5, 5.41) is 16.2. The van der Waals surface area contributed by atoms with E-state index in [0.29, 0.717) is 6.54 Å². The number of nitrogens with one attached hydrogen (secondary N) is 2. The van der Waals surface area contributed by atoms with Crippen molar-refractivity contribution in [1.29, 1.82) is 0 Å². The summed E-state index contributed by atoms with van der Waals surface area (Å²) in [6, 6.07) is 0. The average Bonchev–Trinajstić information content (AvgIpc) is 3.20. The van der Waals surface area contributed by atoms with E-state index in [1.807, 2.05) is 6.20 Å². The molecule has 0 fully saturated rings. The van der Waals surface area contributed by atoms with Gasteiger partial charge in [0.25, 0.3) is 0 Å². The van der Waals surface area contributed by atoms with Crippen LogP contribution in [-0.4, -0.2) is 39.3 Å². The van der Waals surface area contributed by atoms with Crippen LogP contribution >= 0.6 is 11.3 Å². The molecule has 2 aromatic heterocycles. The first-order valence-corrected chi connectivity index (χ1v) is 8.34. The maximum Gasteiger partial charge on any atom is 0.191 e. The Morgan fingerprint density at radius 1 is 1.41 bits per heavy atom. The molecule has 1 aliphatic rings. The van der Waals surface area contributed by atoms with Gasteiger partial charge in [-0.2, -0.15) is 0 Å². The van der Waals surface area contributed by atoms with E-state index in [1.165, 1.54) is 4.88 Å². The number of thiazole rings is 1. The minimum absolute atomic E-state index is 0.642. The number of rotatable bonds is 5.